The SMILES string of the molecule is CNC(=O)c1cc(F)ccc1Sc1ccc2c(/C=C/c3cnn(CCCN4CCCC4)c3)nn(C3CCCCO3)c2c1. The molecule has 6 rings (SSSR count). The largest absolute Gasteiger partial charge is 0.356 e. The number of carbonyl (C=O) groups excluding carboxylic acids is 1. The molecule has 42 heavy (non-hydrogen) atoms. The summed E-state index contributed by atoms with van der Waals surface area (Å²) >= 11 is 1.43. The lowest BCUT2D eigenvalue weighted by Crippen LogP contribution is -2.21. The number of amides is 1. The molecule has 0 spiro atoms. The van der Waals surface area contributed by atoms with Crippen LogP contribution in [0.25, 0.3) is 23.1 Å². The van der Waals surface area contributed by atoms with E-state index in [9.17, 15) is 9.18 Å². The van der Waals surface area contributed by atoms with Crippen LogP contribution in [0.1, 0.15) is 66.4 Å². The van der Waals surface area contributed by atoms with Gasteiger partial charge in [0, 0.05) is 47.1 Å². The molecule has 2 aliphatic heterocycles. The minimum absolute atomic E-state index is 0.130. The minimum Gasteiger partial charge on any atom is -0.356 e. The van der Waals surface area contributed by atoms with Gasteiger partial charge in [0.2, 0.25) is 0 Å². The van der Waals surface area contributed by atoms with Crippen molar-refractivity contribution in [3.63, 3.8) is 0 Å². The molecule has 10 heteroatoms. The zero-order valence-corrected chi connectivity index (χ0v) is 24.8. The molecule has 4 heterocycles. The number of aryl methyl sites for hydroxylation is 1. The molecule has 8 nitrogen and oxygen atoms in total. The standard InChI is InChI=1S/C32H37FN6O2S/c1-34-32(40)27-19-24(33)9-13-30(27)42-25-10-11-26-28(36-39(29(26)20-25)31-7-2-5-18-41-31)12-8-23-21-35-38(22-23)17-6-16-37-14-3-4-15-37/h8-13,19-22,31H,2-7,14-18H2,1H3,(H,34,40)/b12-8+. The highest BCUT2D eigenvalue weighted by Crippen LogP contribution is 2.36. The van der Waals surface area contributed by atoms with Crippen molar-refractivity contribution in [2.45, 2.75) is 61.1 Å². The van der Waals surface area contributed by atoms with Gasteiger partial charge in [-0.15, -0.1) is 0 Å². The number of likely N-dealkylation sites (tertiary alicyclic amines) is 1. The third kappa shape index (κ3) is 6.61. The Kier molecular flexibility index (Phi) is 9.02. The van der Waals surface area contributed by atoms with Gasteiger partial charge in [0.15, 0.2) is 6.23 Å². The van der Waals surface area contributed by atoms with Gasteiger partial charge in [-0.3, -0.25) is 9.48 Å². The van der Waals surface area contributed by atoms with E-state index in [1.807, 2.05) is 27.7 Å². The number of ether oxygens (including phenoxy) is 1. The maximum Gasteiger partial charge on any atom is 0.252 e. The van der Waals surface area contributed by atoms with Gasteiger partial charge in [-0.1, -0.05) is 11.8 Å². The van der Waals surface area contributed by atoms with E-state index in [0.717, 1.165) is 65.8 Å². The van der Waals surface area contributed by atoms with Crippen molar-refractivity contribution in [3.05, 3.63) is 71.4 Å². The van der Waals surface area contributed by atoms with Crippen molar-refractivity contribution in [1.82, 2.24) is 29.8 Å². The molecular formula is C32H37FN6O2S. The molecule has 1 unspecified atom stereocenters. The van der Waals surface area contributed by atoms with E-state index < -0.39 is 5.82 Å². The summed E-state index contributed by atoms with van der Waals surface area (Å²) in [7, 11) is 1.55. The van der Waals surface area contributed by atoms with Gasteiger partial charge in [0.25, 0.3) is 5.91 Å². The van der Waals surface area contributed by atoms with Crippen LogP contribution in [0.4, 0.5) is 4.39 Å². The van der Waals surface area contributed by atoms with Gasteiger partial charge in [0.1, 0.15) is 5.82 Å². The first-order valence-corrected chi connectivity index (χ1v) is 15.7. The predicted molar refractivity (Wildman–Crippen MR) is 164 cm³/mol. The number of aromatic nitrogens is 4. The smallest absolute Gasteiger partial charge is 0.252 e. The first-order chi connectivity index (χ1) is 20.6. The highest BCUT2D eigenvalue weighted by atomic mass is 32.2. The summed E-state index contributed by atoms with van der Waals surface area (Å²) in [6.45, 7) is 5.21. The van der Waals surface area contributed by atoms with E-state index >= 15 is 0 Å². The number of hydrogen-bond acceptors (Lipinski definition) is 6. The van der Waals surface area contributed by atoms with Crippen molar-refractivity contribution in [1.29, 1.82) is 0 Å². The summed E-state index contributed by atoms with van der Waals surface area (Å²) in [5.41, 5.74) is 3.18. The van der Waals surface area contributed by atoms with Crippen molar-refractivity contribution < 1.29 is 13.9 Å². The first kappa shape index (κ1) is 28.6. The quantitative estimate of drug-likeness (QED) is 0.236. The van der Waals surface area contributed by atoms with Crippen LogP contribution in [0.3, 0.4) is 0 Å². The number of fused-ring (bicyclic) bond motifs is 1. The van der Waals surface area contributed by atoms with Crippen molar-refractivity contribution in [2.75, 3.05) is 33.3 Å². The van der Waals surface area contributed by atoms with Gasteiger partial charge in [-0.25, -0.2) is 9.07 Å². The van der Waals surface area contributed by atoms with Crippen molar-refractivity contribution in [3.8, 4) is 0 Å². The molecule has 4 aromatic rings. The fraction of sp³-hybridized carbons (Fsp3) is 0.406. The van der Waals surface area contributed by atoms with Gasteiger partial charge in [-0.2, -0.15) is 10.2 Å². The minimum atomic E-state index is -0.440. The monoisotopic (exact) mass is 588 g/mol. The van der Waals surface area contributed by atoms with E-state index in [1.54, 1.807) is 13.1 Å². The molecule has 1 N–H and O–H groups in total. The van der Waals surface area contributed by atoms with Crippen LogP contribution in [-0.4, -0.2) is 63.7 Å². The van der Waals surface area contributed by atoms with Crippen molar-refractivity contribution >= 4 is 40.7 Å². The summed E-state index contributed by atoms with van der Waals surface area (Å²) in [4.78, 5) is 16.6. The molecule has 2 aromatic carbocycles. The van der Waals surface area contributed by atoms with Crippen LogP contribution in [0, 0.1) is 5.82 Å². The molecule has 2 aromatic heterocycles. The maximum absolute atomic E-state index is 13.9. The normalized spacial score (nSPS) is 17.9. The Labute approximate surface area is 249 Å². The van der Waals surface area contributed by atoms with E-state index in [4.69, 9.17) is 9.84 Å². The lowest BCUT2D eigenvalue weighted by molar-refractivity contribution is -0.0367. The van der Waals surface area contributed by atoms with Crippen LogP contribution < -0.4 is 5.32 Å². The fourth-order valence-electron chi connectivity index (χ4n) is 5.72. The number of hydrogen-bond donors (Lipinski definition) is 1. The summed E-state index contributed by atoms with van der Waals surface area (Å²) in [6.07, 6.45) is 14.8. The molecule has 1 amide bonds. The first-order valence-electron chi connectivity index (χ1n) is 14.8. The van der Waals surface area contributed by atoms with Crippen LogP contribution >= 0.6 is 11.8 Å². The number of rotatable bonds is 10. The average molecular weight is 589 g/mol. The molecule has 2 aliphatic rings. The number of benzene rings is 2. The second-order valence-electron chi connectivity index (χ2n) is 10.9. The predicted octanol–water partition coefficient (Wildman–Crippen LogP) is 6.24. The molecule has 0 aliphatic carbocycles. The molecule has 0 radical (unpaired) electrons. The van der Waals surface area contributed by atoms with Gasteiger partial charge in [0.05, 0.1) is 23.0 Å². The zero-order chi connectivity index (χ0) is 28.9. The van der Waals surface area contributed by atoms with Crippen molar-refractivity contribution in [2.24, 2.45) is 0 Å². The Morgan fingerprint density at radius 3 is 2.81 bits per heavy atom. The van der Waals surface area contributed by atoms with Crippen LogP contribution in [0.5, 0.6) is 0 Å². The lowest BCUT2D eigenvalue weighted by atomic mass is 10.1. The topological polar surface area (TPSA) is 77.2 Å². The van der Waals surface area contributed by atoms with Crippen LogP contribution in [-0.2, 0) is 11.3 Å². The van der Waals surface area contributed by atoms with E-state index in [0.29, 0.717) is 17.1 Å². The number of nitrogens with zero attached hydrogens (tertiary/aromatic N) is 5. The Morgan fingerprint density at radius 2 is 2.00 bits per heavy atom. The molecule has 220 valence electrons. The molecule has 0 bridgehead atoms. The number of carbonyl (C=O) groups is 1. The molecule has 0 saturated carbocycles. The van der Waals surface area contributed by atoms with Gasteiger partial charge in [-0.05, 0) is 107 Å². The third-order valence-electron chi connectivity index (χ3n) is 7.92. The van der Waals surface area contributed by atoms with Gasteiger partial charge < -0.3 is 15.0 Å². The second kappa shape index (κ2) is 13.2. The van der Waals surface area contributed by atoms with E-state index in [-0.39, 0.29) is 12.1 Å². The Morgan fingerprint density at radius 1 is 1.12 bits per heavy atom. The lowest BCUT2D eigenvalue weighted by Gasteiger charge is -2.23. The average Bonchev–Trinajstić information content (AvgIpc) is 3.78. The molecule has 2 saturated heterocycles. The Hall–Kier alpha value is -3.47. The summed E-state index contributed by atoms with van der Waals surface area (Å²) < 4.78 is 24.1. The zero-order valence-electron chi connectivity index (χ0n) is 24.0. The Balaban J connectivity index is 1.24. The second-order valence-corrected chi connectivity index (χ2v) is 12.0. The highest BCUT2D eigenvalue weighted by Gasteiger charge is 2.21. The van der Waals surface area contributed by atoms with Crippen LogP contribution in [0.2, 0.25) is 0 Å². The summed E-state index contributed by atoms with van der Waals surface area (Å²) in [5, 5.41) is 13.2. The van der Waals surface area contributed by atoms with Crippen LogP contribution in [0.15, 0.2) is 58.6 Å². The van der Waals surface area contributed by atoms with Gasteiger partial charge >= 0.3 is 0 Å². The highest BCUT2D eigenvalue weighted by molar-refractivity contribution is 7.99. The Bertz CT molecular complexity index is 1570. The van der Waals surface area contributed by atoms with E-state index in [2.05, 4.69) is 39.7 Å². The summed E-state index contributed by atoms with van der Waals surface area (Å²) in [5.74, 6) is -0.758. The number of nitrogens with one attached hydrogen (secondary N) is 1. The maximum atomic E-state index is 13.9. The van der Waals surface area contributed by atoms with E-state index in [1.165, 1.54) is 49.8 Å². The fourth-order valence-corrected chi connectivity index (χ4v) is 6.68. The summed E-state index contributed by atoms with van der Waals surface area (Å²) in [6, 6.07) is 10.5. The molecular weight excluding hydrogens is 551 g/mol. The number of halogens is 1. The molecule has 2 fully saturated rings. The third-order valence-corrected chi connectivity index (χ3v) is 8.99. The molecule has 1 atom stereocenters.